The fraction of sp³-hybridized carbons (Fsp3) is 0.385. The van der Waals surface area contributed by atoms with Crippen LogP contribution < -0.4 is 0 Å². The maximum atomic E-state index is 13.5. The van der Waals surface area contributed by atoms with E-state index in [1.807, 2.05) is 0 Å². The standard InChI is InChI=1S/C13H12F2N2O/c14-10-4-1-5-11(15)12(10)13(18)17-6-2-3-9(7-16)8-17/h1,4-5,9H,2-3,6,8H2. The summed E-state index contributed by atoms with van der Waals surface area (Å²) in [6.07, 6.45) is 1.40. The van der Waals surface area contributed by atoms with Gasteiger partial charge in [-0.1, -0.05) is 6.07 Å². The summed E-state index contributed by atoms with van der Waals surface area (Å²) in [7, 11) is 0. The van der Waals surface area contributed by atoms with Crippen LogP contribution in [0.15, 0.2) is 18.2 Å². The number of nitriles is 1. The maximum absolute atomic E-state index is 13.5. The van der Waals surface area contributed by atoms with Crippen molar-refractivity contribution >= 4 is 5.91 Å². The van der Waals surface area contributed by atoms with Crippen LogP contribution in [0.1, 0.15) is 23.2 Å². The zero-order valence-electron chi connectivity index (χ0n) is 9.70. The highest BCUT2D eigenvalue weighted by atomic mass is 19.1. The highest BCUT2D eigenvalue weighted by molar-refractivity contribution is 5.94. The summed E-state index contributed by atoms with van der Waals surface area (Å²) < 4.78 is 27.0. The zero-order valence-corrected chi connectivity index (χ0v) is 9.70. The average molecular weight is 250 g/mol. The number of carbonyl (C=O) groups excluding carboxylic acids is 1. The summed E-state index contributed by atoms with van der Waals surface area (Å²) in [6.45, 7) is 0.674. The minimum Gasteiger partial charge on any atom is -0.337 e. The number of nitrogens with zero attached hydrogens (tertiary/aromatic N) is 2. The Kier molecular flexibility index (Phi) is 3.56. The molecule has 94 valence electrons. The monoisotopic (exact) mass is 250 g/mol. The SMILES string of the molecule is N#CC1CCCN(C(=O)c2c(F)cccc2F)C1. The zero-order chi connectivity index (χ0) is 13.1. The van der Waals surface area contributed by atoms with Gasteiger partial charge >= 0.3 is 0 Å². The van der Waals surface area contributed by atoms with Crippen molar-refractivity contribution < 1.29 is 13.6 Å². The van der Waals surface area contributed by atoms with E-state index in [-0.39, 0.29) is 12.5 Å². The molecule has 1 unspecified atom stereocenters. The second kappa shape index (κ2) is 5.13. The predicted molar refractivity (Wildman–Crippen MR) is 60.6 cm³/mol. The molecule has 18 heavy (non-hydrogen) atoms. The maximum Gasteiger partial charge on any atom is 0.259 e. The van der Waals surface area contributed by atoms with Gasteiger partial charge in [0.2, 0.25) is 0 Å². The van der Waals surface area contributed by atoms with Gasteiger partial charge in [-0.2, -0.15) is 5.26 Å². The molecule has 0 aliphatic carbocycles. The molecule has 0 bridgehead atoms. The van der Waals surface area contributed by atoms with Crippen molar-refractivity contribution in [1.82, 2.24) is 4.90 Å². The third-order valence-electron chi connectivity index (χ3n) is 3.07. The molecule has 1 heterocycles. The van der Waals surface area contributed by atoms with Gasteiger partial charge in [0, 0.05) is 13.1 Å². The second-order valence-corrected chi connectivity index (χ2v) is 4.32. The van der Waals surface area contributed by atoms with Crippen molar-refractivity contribution in [2.24, 2.45) is 5.92 Å². The average Bonchev–Trinajstić information content (AvgIpc) is 2.38. The van der Waals surface area contributed by atoms with Crippen molar-refractivity contribution in [2.75, 3.05) is 13.1 Å². The Balaban J connectivity index is 2.24. The topological polar surface area (TPSA) is 44.1 Å². The van der Waals surface area contributed by atoms with E-state index in [0.717, 1.165) is 18.6 Å². The first-order valence-corrected chi connectivity index (χ1v) is 5.76. The lowest BCUT2D eigenvalue weighted by molar-refractivity contribution is 0.0689. The van der Waals surface area contributed by atoms with Crippen LogP contribution in [0.4, 0.5) is 8.78 Å². The molecule has 1 aliphatic rings. The number of likely N-dealkylation sites (tertiary alicyclic amines) is 1. The third-order valence-corrected chi connectivity index (χ3v) is 3.07. The summed E-state index contributed by atoms with van der Waals surface area (Å²) in [5.41, 5.74) is -0.531. The summed E-state index contributed by atoms with van der Waals surface area (Å²) in [6, 6.07) is 5.42. The minimum absolute atomic E-state index is 0.239. The van der Waals surface area contributed by atoms with Crippen LogP contribution in [0.25, 0.3) is 0 Å². The summed E-state index contributed by atoms with van der Waals surface area (Å²) >= 11 is 0. The van der Waals surface area contributed by atoms with E-state index in [1.54, 1.807) is 0 Å². The van der Waals surface area contributed by atoms with E-state index in [9.17, 15) is 13.6 Å². The first-order chi connectivity index (χ1) is 8.63. The smallest absolute Gasteiger partial charge is 0.259 e. The lowest BCUT2D eigenvalue weighted by Crippen LogP contribution is -2.40. The molecule has 0 aromatic heterocycles. The lowest BCUT2D eigenvalue weighted by Gasteiger charge is -2.29. The Hall–Kier alpha value is -1.96. The molecular weight excluding hydrogens is 238 g/mol. The molecule has 5 heteroatoms. The molecule has 1 aliphatic heterocycles. The quantitative estimate of drug-likeness (QED) is 0.767. The molecule has 0 N–H and O–H groups in total. The van der Waals surface area contributed by atoms with Gasteiger partial charge in [-0.3, -0.25) is 4.79 Å². The number of piperidine rings is 1. The summed E-state index contributed by atoms with van der Waals surface area (Å²) in [5, 5.41) is 8.83. The molecule has 3 nitrogen and oxygen atoms in total. The molecule has 1 atom stereocenters. The van der Waals surface area contributed by atoms with Crippen molar-refractivity contribution in [3.63, 3.8) is 0 Å². The molecule has 1 aromatic carbocycles. The number of amides is 1. The van der Waals surface area contributed by atoms with Gasteiger partial charge in [0.15, 0.2) is 0 Å². The summed E-state index contributed by atoms with van der Waals surface area (Å²) in [5.74, 6) is -2.65. The first-order valence-electron chi connectivity index (χ1n) is 5.76. The molecule has 0 saturated carbocycles. The van der Waals surface area contributed by atoms with E-state index >= 15 is 0 Å². The van der Waals surface area contributed by atoms with Crippen LogP contribution in [0.2, 0.25) is 0 Å². The molecule has 1 saturated heterocycles. The largest absolute Gasteiger partial charge is 0.337 e. The van der Waals surface area contributed by atoms with Gasteiger partial charge in [0.1, 0.15) is 17.2 Å². The van der Waals surface area contributed by atoms with Crippen LogP contribution in [0.3, 0.4) is 0 Å². The van der Waals surface area contributed by atoms with Crippen molar-refractivity contribution in [3.8, 4) is 6.07 Å². The van der Waals surface area contributed by atoms with E-state index in [1.165, 1.54) is 11.0 Å². The van der Waals surface area contributed by atoms with Gasteiger partial charge in [0.25, 0.3) is 5.91 Å². The summed E-state index contributed by atoms with van der Waals surface area (Å²) in [4.78, 5) is 13.4. The Morgan fingerprint density at radius 3 is 2.67 bits per heavy atom. The van der Waals surface area contributed by atoms with Crippen LogP contribution in [0, 0.1) is 28.9 Å². The third kappa shape index (κ3) is 2.33. The van der Waals surface area contributed by atoms with Gasteiger partial charge in [0.05, 0.1) is 12.0 Å². The van der Waals surface area contributed by atoms with Crippen LogP contribution >= 0.6 is 0 Å². The van der Waals surface area contributed by atoms with E-state index < -0.39 is 23.1 Å². The first kappa shape index (κ1) is 12.5. The highest BCUT2D eigenvalue weighted by Gasteiger charge is 2.27. The number of hydrogen-bond donors (Lipinski definition) is 0. The molecular formula is C13H12F2N2O. The van der Waals surface area contributed by atoms with Gasteiger partial charge in [-0.05, 0) is 25.0 Å². The minimum atomic E-state index is -0.862. The number of carbonyl (C=O) groups is 1. The highest BCUT2D eigenvalue weighted by Crippen LogP contribution is 2.20. The fourth-order valence-electron chi connectivity index (χ4n) is 2.13. The molecule has 1 aromatic rings. The Labute approximate surface area is 104 Å². The van der Waals surface area contributed by atoms with Crippen molar-refractivity contribution in [3.05, 3.63) is 35.4 Å². The molecule has 1 fully saturated rings. The van der Waals surface area contributed by atoms with Gasteiger partial charge in [-0.15, -0.1) is 0 Å². The van der Waals surface area contributed by atoms with E-state index in [4.69, 9.17) is 5.26 Å². The Morgan fingerprint density at radius 2 is 2.06 bits per heavy atom. The van der Waals surface area contributed by atoms with Crippen LogP contribution in [-0.2, 0) is 0 Å². The number of hydrogen-bond acceptors (Lipinski definition) is 2. The van der Waals surface area contributed by atoms with Crippen LogP contribution in [-0.4, -0.2) is 23.9 Å². The lowest BCUT2D eigenvalue weighted by atomic mass is 9.99. The Bertz CT molecular complexity index is 490. The van der Waals surface area contributed by atoms with Crippen molar-refractivity contribution in [2.45, 2.75) is 12.8 Å². The van der Waals surface area contributed by atoms with E-state index in [0.29, 0.717) is 13.0 Å². The number of benzene rings is 1. The molecule has 0 spiro atoms. The second-order valence-electron chi connectivity index (χ2n) is 4.32. The molecule has 0 radical (unpaired) electrons. The number of halogens is 2. The van der Waals surface area contributed by atoms with Gasteiger partial charge < -0.3 is 4.90 Å². The number of rotatable bonds is 1. The van der Waals surface area contributed by atoms with Gasteiger partial charge in [-0.25, -0.2) is 8.78 Å². The fourth-order valence-corrected chi connectivity index (χ4v) is 2.13. The molecule has 2 rings (SSSR count). The molecule has 1 amide bonds. The predicted octanol–water partition coefficient (Wildman–Crippen LogP) is 2.34. The van der Waals surface area contributed by atoms with E-state index in [2.05, 4.69) is 6.07 Å². The van der Waals surface area contributed by atoms with Crippen molar-refractivity contribution in [1.29, 1.82) is 5.26 Å². The van der Waals surface area contributed by atoms with Crippen LogP contribution in [0.5, 0.6) is 0 Å². The Morgan fingerprint density at radius 1 is 1.39 bits per heavy atom. The normalized spacial score (nSPS) is 19.4.